The summed E-state index contributed by atoms with van der Waals surface area (Å²) in [6.45, 7) is 4.69. The van der Waals surface area contributed by atoms with Gasteiger partial charge in [0.25, 0.3) is 0 Å². The Bertz CT molecular complexity index is 421. The van der Waals surface area contributed by atoms with Crippen molar-refractivity contribution in [3.63, 3.8) is 0 Å². The summed E-state index contributed by atoms with van der Waals surface area (Å²) < 4.78 is 0. The highest BCUT2D eigenvalue weighted by Gasteiger charge is 2.42. The minimum atomic E-state index is 0. The third-order valence-corrected chi connectivity index (χ3v) is 4.90. The largest absolute Gasteiger partial charge is 1.00 e. The Morgan fingerprint density at radius 1 is 1.17 bits per heavy atom. The molecule has 1 saturated carbocycles. The van der Waals surface area contributed by atoms with E-state index in [0.29, 0.717) is 5.54 Å². The molecule has 1 unspecified atom stereocenters. The van der Waals surface area contributed by atoms with E-state index in [4.69, 9.17) is 0 Å². The van der Waals surface area contributed by atoms with Gasteiger partial charge < -0.3 is 17.7 Å². The normalized spacial score (nSPS) is 25.3. The van der Waals surface area contributed by atoms with Gasteiger partial charge in [0.2, 0.25) is 0 Å². The summed E-state index contributed by atoms with van der Waals surface area (Å²) in [6, 6.07) is 6.82. The predicted molar refractivity (Wildman–Crippen MR) is 71.6 cm³/mol. The zero-order valence-corrected chi connectivity index (χ0v) is 12.3. The zero-order valence-electron chi connectivity index (χ0n) is 11.5. The minimum Gasteiger partial charge on any atom is -1.00 e. The monoisotopic (exact) mass is 265 g/mol. The van der Waals surface area contributed by atoms with E-state index >= 15 is 0 Å². The van der Waals surface area contributed by atoms with Crippen molar-refractivity contribution in [2.45, 2.75) is 63.8 Å². The molecule has 0 aromatic heterocycles. The number of fused-ring (bicyclic) bond motifs is 1. The molecule has 0 amide bonds. The highest BCUT2D eigenvalue weighted by Crippen LogP contribution is 2.40. The Morgan fingerprint density at radius 2 is 1.89 bits per heavy atom. The van der Waals surface area contributed by atoms with Crippen molar-refractivity contribution in [3.8, 4) is 0 Å². The lowest BCUT2D eigenvalue weighted by Gasteiger charge is -2.41. The van der Waals surface area contributed by atoms with E-state index in [1.54, 1.807) is 11.3 Å². The van der Waals surface area contributed by atoms with Crippen LogP contribution < -0.4 is 17.7 Å². The van der Waals surface area contributed by atoms with Crippen LogP contribution in [0.3, 0.4) is 0 Å². The molecule has 1 atom stereocenters. The van der Waals surface area contributed by atoms with E-state index in [2.05, 4.69) is 37.4 Å². The molecule has 2 N–H and O–H groups in total. The Balaban J connectivity index is 0.00000120. The molecule has 1 fully saturated rings. The van der Waals surface area contributed by atoms with Crippen LogP contribution in [0, 0.1) is 6.92 Å². The maximum atomic E-state index is 2.64. The van der Waals surface area contributed by atoms with Gasteiger partial charge in [-0.25, -0.2) is 0 Å². The van der Waals surface area contributed by atoms with E-state index in [9.17, 15) is 0 Å². The maximum Gasteiger partial charge on any atom is 0.136 e. The second kappa shape index (κ2) is 5.22. The van der Waals surface area contributed by atoms with Crippen molar-refractivity contribution in [1.29, 1.82) is 0 Å². The van der Waals surface area contributed by atoms with E-state index < -0.39 is 0 Å². The number of para-hydroxylation sites is 1. The molecule has 2 aliphatic rings. The van der Waals surface area contributed by atoms with Crippen LogP contribution in [0.15, 0.2) is 18.2 Å². The molecule has 0 bridgehead atoms. The zero-order chi connectivity index (χ0) is 11.9. The molecular formula is C16H24ClN. The van der Waals surface area contributed by atoms with Gasteiger partial charge in [-0.3, -0.25) is 0 Å². The molecule has 1 heterocycles. The molecule has 0 saturated heterocycles. The smallest absolute Gasteiger partial charge is 0.136 e. The molecule has 0 radical (unpaired) electrons. The van der Waals surface area contributed by atoms with Gasteiger partial charge in [0.15, 0.2) is 0 Å². The summed E-state index contributed by atoms with van der Waals surface area (Å²) in [4.78, 5) is 0. The third-order valence-electron chi connectivity index (χ3n) is 4.90. The van der Waals surface area contributed by atoms with Crippen molar-refractivity contribution in [1.82, 2.24) is 0 Å². The number of hydrogen-bond acceptors (Lipinski definition) is 0. The molecule has 1 nitrogen and oxygen atoms in total. The van der Waals surface area contributed by atoms with Gasteiger partial charge in [-0.2, -0.15) is 0 Å². The van der Waals surface area contributed by atoms with Crippen LogP contribution in [0.5, 0.6) is 0 Å². The number of benzene rings is 1. The topological polar surface area (TPSA) is 16.6 Å². The van der Waals surface area contributed by atoms with Gasteiger partial charge >= 0.3 is 0 Å². The Kier molecular flexibility index (Phi) is 4.03. The second-order valence-corrected chi connectivity index (χ2v) is 6.25. The Hall–Kier alpha value is -0.530. The van der Waals surface area contributed by atoms with Gasteiger partial charge in [-0.15, -0.1) is 0 Å². The molecule has 1 aliphatic carbocycles. The van der Waals surface area contributed by atoms with Crippen LogP contribution >= 0.6 is 0 Å². The standard InChI is InChI=1S/C16H23N.ClH/c1-12-7-6-8-14-13(2)11-16(17-15(12)14)9-4-3-5-10-16;/h6-8,13,17H,3-5,9-11H2,1-2H3;1H. The Morgan fingerprint density at radius 3 is 2.61 bits per heavy atom. The molecule has 1 aliphatic heterocycles. The number of halogens is 1. The maximum absolute atomic E-state index is 2.64. The quantitative estimate of drug-likeness (QED) is 0.655. The first kappa shape index (κ1) is 13.9. The number of rotatable bonds is 0. The third kappa shape index (κ3) is 2.31. The lowest BCUT2D eigenvalue weighted by atomic mass is 9.71. The molecule has 1 aromatic carbocycles. The molecular weight excluding hydrogens is 242 g/mol. The highest BCUT2D eigenvalue weighted by atomic mass is 35.5. The SMILES string of the molecule is Cc1cccc2c1[NH2+]C1(CCCCC1)CC2C.[Cl-]. The van der Waals surface area contributed by atoms with E-state index in [1.165, 1.54) is 44.1 Å². The fourth-order valence-electron chi connectivity index (χ4n) is 4.02. The van der Waals surface area contributed by atoms with Crippen molar-refractivity contribution < 1.29 is 17.7 Å². The molecule has 3 rings (SSSR count). The van der Waals surface area contributed by atoms with Crippen LogP contribution in [-0.2, 0) is 0 Å². The number of nitrogens with two attached hydrogens (primary N) is 1. The fraction of sp³-hybridized carbons (Fsp3) is 0.625. The van der Waals surface area contributed by atoms with Crippen molar-refractivity contribution in [2.24, 2.45) is 0 Å². The lowest BCUT2D eigenvalue weighted by Crippen LogP contribution is -3.00. The highest BCUT2D eigenvalue weighted by molar-refractivity contribution is 5.49. The van der Waals surface area contributed by atoms with Crippen molar-refractivity contribution in [2.75, 3.05) is 0 Å². The number of hydrogen-bond donors (Lipinski definition) is 1. The van der Waals surface area contributed by atoms with Crippen LogP contribution in [-0.4, -0.2) is 5.54 Å². The van der Waals surface area contributed by atoms with Gasteiger partial charge in [-0.05, 0) is 25.7 Å². The number of aryl methyl sites for hydroxylation is 1. The van der Waals surface area contributed by atoms with Gasteiger partial charge in [0.1, 0.15) is 11.2 Å². The first-order chi connectivity index (χ1) is 8.20. The molecule has 1 aromatic rings. The molecule has 2 heteroatoms. The van der Waals surface area contributed by atoms with E-state index in [1.807, 2.05) is 0 Å². The van der Waals surface area contributed by atoms with Gasteiger partial charge in [0, 0.05) is 30.4 Å². The van der Waals surface area contributed by atoms with Crippen molar-refractivity contribution in [3.05, 3.63) is 29.3 Å². The van der Waals surface area contributed by atoms with Crippen LogP contribution in [0.1, 0.15) is 62.5 Å². The van der Waals surface area contributed by atoms with Crippen LogP contribution in [0.25, 0.3) is 0 Å². The number of quaternary nitrogens is 1. The second-order valence-electron chi connectivity index (χ2n) is 6.25. The summed E-state index contributed by atoms with van der Waals surface area (Å²) in [7, 11) is 0. The lowest BCUT2D eigenvalue weighted by molar-refractivity contribution is -0.665. The van der Waals surface area contributed by atoms with Crippen LogP contribution in [0.2, 0.25) is 0 Å². The molecule has 1 spiro atoms. The van der Waals surface area contributed by atoms with Gasteiger partial charge in [0.05, 0.1) is 0 Å². The summed E-state index contributed by atoms with van der Waals surface area (Å²) in [5.41, 5.74) is 5.16. The first-order valence-electron chi connectivity index (χ1n) is 7.16. The first-order valence-corrected chi connectivity index (χ1v) is 7.16. The summed E-state index contributed by atoms with van der Waals surface area (Å²) >= 11 is 0. The summed E-state index contributed by atoms with van der Waals surface area (Å²) in [5, 5.41) is 2.64. The minimum absolute atomic E-state index is 0. The predicted octanol–water partition coefficient (Wildman–Crippen LogP) is 0.404. The van der Waals surface area contributed by atoms with E-state index in [0.717, 1.165) is 5.92 Å². The summed E-state index contributed by atoms with van der Waals surface area (Å²) in [5.74, 6) is 0.744. The summed E-state index contributed by atoms with van der Waals surface area (Å²) in [6.07, 6.45) is 8.54. The fourth-order valence-corrected chi connectivity index (χ4v) is 4.02. The van der Waals surface area contributed by atoms with E-state index in [-0.39, 0.29) is 12.4 Å². The molecule has 18 heavy (non-hydrogen) atoms. The Labute approximate surface area is 117 Å². The molecule has 100 valence electrons. The van der Waals surface area contributed by atoms with Crippen LogP contribution in [0.4, 0.5) is 5.69 Å². The van der Waals surface area contributed by atoms with Gasteiger partial charge in [-0.1, -0.05) is 31.5 Å². The average Bonchev–Trinajstić information content (AvgIpc) is 2.32. The average molecular weight is 266 g/mol. The van der Waals surface area contributed by atoms with Crippen molar-refractivity contribution >= 4 is 5.69 Å².